The highest BCUT2D eigenvalue weighted by atomic mass is 31.2. The summed E-state index contributed by atoms with van der Waals surface area (Å²) in [7, 11) is -4.16. The van der Waals surface area contributed by atoms with Gasteiger partial charge in [-0.15, -0.1) is 0 Å². The predicted molar refractivity (Wildman–Crippen MR) is 146 cm³/mol. The summed E-state index contributed by atoms with van der Waals surface area (Å²) in [5.74, 6) is -1.53. The molecule has 2 unspecified atom stereocenters. The molecule has 3 aromatic rings. The monoisotopic (exact) mass is 596 g/mol. The summed E-state index contributed by atoms with van der Waals surface area (Å²) in [4.78, 5) is 31.2. The molecule has 0 amide bonds. The summed E-state index contributed by atoms with van der Waals surface area (Å²) in [5.41, 5.74) is 2.58. The van der Waals surface area contributed by atoms with E-state index in [-0.39, 0.29) is 28.9 Å². The average molecular weight is 597 g/mol. The second-order valence-corrected chi connectivity index (χ2v) is 12.3. The van der Waals surface area contributed by atoms with Gasteiger partial charge >= 0.3 is 13.6 Å². The van der Waals surface area contributed by atoms with Crippen molar-refractivity contribution in [2.45, 2.75) is 63.9 Å². The molecule has 0 spiro atoms. The largest absolute Gasteiger partial charge is 0.463 e. The van der Waals surface area contributed by atoms with Crippen molar-refractivity contribution in [2.24, 2.45) is 5.92 Å². The van der Waals surface area contributed by atoms with Crippen molar-refractivity contribution in [3.63, 3.8) is 0 Å². The first-order valence-electron chi connectivity index (χ1n) is 13.0. The highest BCUT2D eigenvalue weighted by Crippen LogP contribution is 2.53. The van der Waals surface area contributed by atoms with Crippen molar-refractivity contribution in [1.29, 1.82) is 0 Å². The first kappa shape index (κ1) is 30.7. The van der Waals surface area contributed by atoms with E-state index in [1.54, 1.807) is 44.2 Å². The molecule has 4 rings (SSSR count). The van der Waals surface area contributed by atoms with Crippen LogP contribution in [0.4, 0.5) is 10.3 Å². The molecule has 15 heteroatoms. The normalized spacial score (nSPS) is 25.6. The van der Waals surface area contributed by atoms with Gasteiger partial charge in [0.2, 0.25) is 5.95 Å². The van der Waals surface area contributed by atoms with Gasteiger partial charge in [-0.1, -0.05) is 25.1 Å². The van der Waals surface area contributed by atoms with Crippen LogP contribution >= 0.6 is 7.60 Å². The minimum Gasteiger partial charge on any atom is -0.463 e. The Morgan fingerprint density at radius 2 is 1.95 bits per heavy atom. The number of aromatic nitrogens is 3. The molecular weight excluding hydrogens is 562 g/mol. The fourth-order valence-corrected chi connectivity index (χ4v) is 6.75. The number of para-hydroxylation sites is 1. The summed E-state index contributed by atoms with van der Waals surface area (Å²) in [5, 5.41) is 22.4. The summed E-state index contributed by atoms with van der Waals surface area (Å²) >= 11 is 0. The number of ether oxygens (including phenoxy) is 2. The van der Waals surface area contributed by atoms with E-state index in [4.69, 9.17) is 24.3 Å². The van der Waals surface area contributed by atoms with Crippen LogP contribution in [-0.2, 0) is 23.4 Å². The Morgan fingerprint density at radius 3 is 2.59 bits per heavy atom. The molecule has 7 atom stereocenters. The molecule has 1 fully saturated rings. The van der Waals surface area contributed by atoms with Gasteiger partial charge in [-0.25, -0.2) is 8.96 Å². The van der Waals surface area contributed by atoms with E-state index in [2.05, 4.69) is 9.97 Å². The summed E-state index contributed by atoms with van der Waals surface area (Å²) in [6, 6.07) is 9.51. The highest BCUT2D eigenvalue weighted by molar-refractivity contribution is 7.54. The van der Waals surface area contributed by atoms with Crippen molar-refractivity contribution in [3.05, 3.63) is 52.9 Å². The molecule has 3 heterocycles. The molecule has 0 bridgehead atoms. The number of aromatic amines is 1. The minimum atomic E-state index is -4.16. The van der Waals surface area contributed by atoms with Gasteiger partial charge in [-0.2, -0.15) is 4.98 Å². The van der Waals surface area contributed by atoms with Crippen LogP contribution in [0.5, 0.6) is 5.75 Å². The molecule has 0 aliphatic carbocycles. The summed E-state index contributed by atoms with van der Waals surface area (Å²) in [6.07, 6.45) is -5.57. The molecule has 0 radical (unpaired) electrons. The van der Waals surface area contributed by atoms with Crippen molar-refractivity contribution in [3.8, 4) is 5.75 Å². The number of esters is 1. The minimum absolute atomic E-state index is 0.0138. The molecule has 0 saturated carbocycles. The Hall–Kier alpha value is -3.29. The SMILES string of the molecule is CC(C)OC(=O)[C@H](C)CP(=O)(Oc1ccccc1)O[C@@H](C)[C@H]1O[C@@H](n2ccc3c(=O)[nH]c(N)nc32)C(O)(CF)[C@H]1O. The lowest BCUT2D eigenvalue weighted by atomic mass is 9.93. The van der Waals surface area contributed by atoms with Crippen LogP contribution < -0.4 is 15.8 Å². The number of rotatable bonds is 11. The Kier molecular flexibility index (Phi) is 8.90. The van der Waals surface area contributed by atoms with Gasteiger partial charge in [-0.3, -0.25) is 19.1 Å². The van der Waals surface area contributed by atoms with Gasteiger partial charge < -0.3 is 34.5 Å². The van der Waals surface area contributed by atoms with Crippen molar-refractivity contribution < 1.29 is 42.5 Å². The molecular formula is C26H34FN4O9P. The molecule has 1 aromatic carbocycles. The summed E-state index contributed by atoms with van der Waals surface area (Å²) < 4.78 is 52.3. The second-order valence-electron chi connectivity index (χ2n) is 10.3. The van der Waals surface area contributed by atoms with Crippen molar-refractivity contribution >= 4 is 30.5 Å². The smallest absolute Gasteiger partial charge is 0.380 e. The predicted octanol–water partition coefficient (Wildman–Crippen LogP) is 2.53. The van der Waals surface area contributed by atoms with E-state index in [9.17, 15) is 28.8 Å². The maximum Gasteiger partial charge on any atom is 0.380 e. The summed E-state index contributed by atoms with van der Waals surface area (Å²) in [6.45, 7) is 4.82. The molecule has 5 N–H and O–H groups in total. The third-order valence-corrected chi connectivity index (χ3v) is 8.77. The number of alkyl halides is 1. The van der Waals surface area contributed by atoms with Crippen molar-refractivity contribution in [2.75, 3.05) is 18.6 Å². The zero-order valence-electron chi connectivity index (χ0n) is 23.0. The lowest BCUT2D eigenvalue weighted by Crippen LogP contribution is -2.50. The van der Waals surface area contributed by atoms with Crippen LogP contribution in [0.3, 0.4) is 0 Å². The molecule has 1 aliphatic heterocycles. The van der Waals surface area contributed by atoms with Gasteiger partial charge in [0.05, 0.1) is 29.7 Å². The lowest BCUT2D eigenvalue weighted by molar-refractivity contribution is -0.151. The number of benzene rings is 1. The van der Waals surface area contributed by atoms with E-state index in [1.807, 2.05) is 0 Å². The number of carbonyl (C=O) groups is 1. The first-order chi connectivity index (χ1) is 19.3. The van der Waals surface area contributed by atoms with Crippen molar-refractivity contribution in [1.82, 2.24) is 14.5 Å². The number of nitrogen functional groups attached to an aromatic ring is 1. The number of carbonyl (C=O) groups excluding carboxylic acids is 1. The Balaban J connectivity index is 1.63. The van der Waals surface area contributed by atoms with Crippen LogP contribution in [0.25, 0.3) is 11.0 Å². The van der Waals surface area contributed by atoms with E-state index in [0.29, 0.717) is 0 Å². The van der Waals surface area contributed by atoms with E-state index >= 15 is 0 Å². The number of hydrogen-bond donors (Lipinski definition) is 4. The molecule has 2 aromatic heterocycles. The number of aliphatic hydroxyl groups is 2. The quantitative estimate of drug-likeness (QED) is 0.188. The second kappa shape index (κ2) is 11.9. The highest BCUT2D eigenvalue weighted by Gasteiger charge is 2.59. The number of H-pyrrole nitrogens is 1. The number of halogens is 1. The van der Waals surface area contributed by atoms with Crippen LogP contribution in [0.2, 0.25) is 0 Å². The van der Waals surface area contributed by atoms with E-state index in [1.165, 1.54) is 30.7 Å². The number of anilines is 1. The van der Waals surface area contributed by atoms with Crippen LogP contribution in [0, 0.1) is 5.92 Å². The number of hydrogen-bond acceptors (Lipinski definition) is 11. The fraction of sp³-hybridized carbons (Fsp3) is 0.500. The van der Waals surface area contributed by atoms with Crippen LogP contribution in [-0.4, -0.2) is 73.6 Å². The third kappa shape index (κ3) is 6.31. The number of fused-ring (bicyclic) bond motifs is 1. The number of nitrogens with one attached hydrogen (secondary N) is 1. The number of nitrogens with two attached hydrogens (primary N) is 1. The Bertz CT molecular complexity index is 1480. The van der Waals surface area contributed by atoms with Gasteiger partial charge in [-0.05, 0) is 39.0 Å². The fourth-order valence-electron chi connectivity index (χ4n) is 4.66. The van der Waals surface area contributed by atoms with E-state index < -0.39 is 68.0 Å². The van der Waals surface area contributed by atoms with Crippen LogP contribution in [0.15, 0.2) is 47.4 Å². The van der Waals surface area contributed by atoms with Gasteiger partial charge in [0, 0.05) is 6.20 Å². The van der Waals surface area contributed by atoms with Crippen LogP contribution in [0.1, 0.15) is 33.9 Å². The molecule has 1 saturated heterocycles. The number of nitrogens with zero attached hydrogens (tertiary/aromatic N) is 2. The third-order valence-electron chi connectivity index (χ3n) is 6.63. The molecule has 41 heavy (non-hydrogen) atoms. The molecule has 13 nitrogen and oxygen atoms in total. The Labute approximate surface area is 234 Å². The van der Waals surface area contributed by atoms with Gasteiger partial charge in [0.1, 0.15) is 24.6 Å². The lowest BCUT2D eigenvalue weighted by Gasteiger charge is -2.30. The standard InChI is InChI=1S/C26H34FN4O9P/c1-14(2)37-23(34)15(3)12-41(36,40-17-8-6-5-7-9-17)39-16(4)19-20(32)26(35,13-27)24(38-19)31-11-10-18-21(31)29-25(28)30-22(18)33/h5-11,14-16,19-20,24,32,35H,12-13H2,1-4H3,(H3,28,29,30,33)/t15-,16+,19-,20+,24-,26?,41?/m1/s1. The zero-order chi connectivity index (χ0) is 30.1. The average Bonchev–Trinajstić information content (AvgIpc) is 3.42. The zero-order valence-corrected chi connectivity index (χ0v) is 23.9. The maximum absolute atomic E-state index is 14.4. The van der Waals surface area contributed by atoms with Gasteiger partial charge in [0.25, 0.3) is 5.56 Å². The molecule has 224 valence electrons. The van der Waals surface area contributed by atoms with E-state index in [0.717, 1.165) is 0 Å². The van der Waals surface area contributed by atoms with Gasteiger partial charge in [0.15, 0.2) is 17.5 Å². The Morgan fingerprint density at radius 1 is 1.27 bits per heavy atom. The number of aliphatic hydroxyl groups excluding tert-OH is 1. The maximum atomic E-state index is 14.4. The topological polar surface area (TPSA) is 188 Å². The first-order valence-corrected chi connectivity index (χ1v) is 14.7. The molecule has 1 aliphatic rings.